The summed E-state index contributed by atoms with van der Waals surface area (Å²) in [5.41, 5.74) is 4.62. The third-order valence-corrected chi connectivity index (χ3v) is 10.6. The number of methoxy groups -OCH3 is 11. The van der Waals surface area contributed by atoms with Crippen LogP contribution in [0, 0.1) is 0 Å². The molecule has 0 saturated heterocycles. The fourth-order valence-electron chi connectivity index (χ4n) is 7.59. The molecule has 0 unspecified atom stereocenters. The minimum Gasteiger partial charge on any atom is -0.502 e. The SMILES string of the molecule is COc1cc(N(c2cc(OC)c(OC)c(OC)c2)c2ccccc2-c2nnc(-c3ccccc3N(c3cc(OC)c(OC)c(OC)c3)c3cc(OC)c(OC)c(OC)c3)o2)cc(OC)c1O. The highest BCUT2D eigenvalue weighted by molar-refractivity contribution is 5.91. The molecular formula is C49H50N4O13. The van der Waals surface area contributed by atoms with Crippen LogP contribution in [0.2, 0.25) is 0 Å². The Bertz CT molecular complexity index is 2670. The van der Waals surface area contributed by atoms with Gasteiger partial charge in [0.1, 0.15) is 0 Å². The van der Waals surface area contributed by atoms with Gasteiger partial charge in [-0.1, -0.05) is 24.3 Å². The zero-order chi connectivity index (χ0) is 47.1. The van der Waals surface area contributed by atoms with Crippen molar-refractivity contribution in [3.63, 3.8) is 0 Å². The van der Waals surface area contributed by atoms with Crippen molar-refractivity contribution in [3.05, 3.63) is 97.1 Å². The average molecular weight is 903 g/mol. The molecule has 1 N–H and O–H groups in total. The van der Waals surface area contributed by atoms with Crippen LogP contribution in [-0.2, 0) is 0 Å². The second-order valence-corrected chi connectivity index (χ2v) is 14.0. The molecule has 0 atom stereocenters. The smallest absolute Gasteiger partial charge is 0.250 e. The van der Waals surface area contributed by atoms with E-state index in [-0.39, 0.29) is 29.0 Å². The number of rotatable bonds is 19. The summed E-state index contributed by atoms with van der Waals surface area (Å²) < 4.78 is 69.7. The standard InChI is InChI=1S/C49H50N4O13/c1-55-36-20-28(21-37(56-2)44(36)54)52(29-22-38(57-3)45(63-9)39(23-29)58-4)34-18-14-12-16-32(34)48-50-51-49(66-48)33-17-13-15-19-35(33)53(30-24-40(59-5)46(64-10)41(25-30)60-6)31-26-42(61-7)47(65-11)43(27-31)62-8/h12-27,54H,1-11H3. The van der Waals surface area contributed by atoms with Crippen LogP contribution in [0.25, 0.3) is 22.9 Å². The molecule has 1 aromatic heterocycles. The van der Waals surface area contributed by atoms with Gasteiger partial charge in [-0.15, -0.1) is 10.2 Å². The van der Waals surface area contributed by atoms with Crippen LogP contribution in [0.5, 0.6) is 69.0 Å². The minimum atomic E-state index is -0.172. The number of phenolic OH excluding ortho intramolecular Hbond substituents is 1. The van der Waals surface area contributed by atoms with Crippen LogP contribution in [0.3, 0.4) is 0 Å². The normalized spacial score (nSPS) is 10.7. The molecule has 0 fully saturated rings. The Morgan fingerprint density at radius 1 is 0.364 bits per heavy atom. The molecule has 17 nitrogen and oxygen atoms in total. The fraction of sp³-hybridized carbons (Fsp3) is 0.224. The second-order valence-electron chi connectivity index (χ2n) is 14.0. The predicted molar refractivity (Wildman–Crippen MR) is 248 cm³/mol. The maximum Gasteiger partial charge on any atom is 0.250 e. The van der Waals surface area contributed by atoms with Crippen molar-refractivity contribution in [2.75, 3.05) is 88.0 Å². The van der Waals surface area contributed by atoms with Gasteiger partial charge < -0.3 is 71.4 Å². The number of aromatic hydroxyl groups is 1. The number of ether oxygens (including phenoxy) is 11. The first-order valence-electron chi connectivity index (χ1n) is 20.1. The van der Waals surface area contributed by atoms with E-state index >= 15 is 0 Å². The first-order valence-corrected chi connectivity index (χ1v) is 20.1. The van der Waals surface area contributed by atoms with E-state index in [0.29, 0.717) is 97.0 Å². The Hall–Kier alpha value is -8.34. The first-order chi connectivity index (χ1) is 32.1. The zero-order valence-electron chi connectivity index (χ0n) is 38.4. The van der Waals surface area contributed by atoms with E-state index < -0.39 is 0 Å². The molecule has 0 aliphatic heterocycles. The summed E-state index contributed by atoms with van der Waals surface area (Å²) in [6.07, 6.45) is 0. The van der Waals surface area contributed by atoms with Gasteiger partial charge in [-0.25, -0.2) is 0 Å². The number of hydrogen-bond acceptors (Lipinski definition) is 17. The minimum absolute atomic E-state index is 0.166. The van der Waals surface area contributed by atoms with Crippen molar-refractivity contribution in [1.82, 2.24) is 10.2 Å². The largest absolute Gasteiger partial charge is 0.502 e. The molecule has 344 valence electrons. The van der Waals surface area contributed by atoms with Gasteiger partial charge >= 0.3 is 0 Å². The number of phenols is 1. The lowest BCUT2D eigenvalue weighted by Crippen LogP contribution is -2.13. The lowest BCUT2D eigenvalue weighted by molar-refractivity contribution is 0.324. The third kappa shape index (κ3) is 8.41. The maximum atomic E-state index is 11.0. The number of anilines is 6. The van der Waals surface area contributed by atoms with E-state index in [1.54, 1.807) is 66.9 Å². The van der Waals surface area contributed by atoms with Crippen LogP contribution in [0.15, 0.2) is 101 Å². The van der Waals surface area contributed by atoms with Crippen LogP contribution in [-0.4, -0.2) is 93.5 Å². The van der Waals surface area contributed by atoms with Gasteiger partial charge in [0, 0.05) is 48.5 Å². The number of nitrogens with zero attached hydrogens (tertiary/aromatic N) is 4. The zero-order valence-corrected chi connectivity index (χ0v) is 38.4. The molecule has 6 aromatic carbocycles. The Kier molecular flexibility index (Phi) is 13.8. The third-order valence-electron chi connectivity index (χ3n) is 10.6. The van der Waals surface area contributed by atoms with Crippen LogP contribution in [0.4, 0.5) is 34.1 Å². The van der Waals surface area contributed by atoms with Gasteiger partial charge in [0.2, 0.25) is 34.8 Å². The summed E-state index contributed by atoms with van der Waals surface area (Å²) in [6.45, 7) is 0. The molecule has 0 amide bonds. The van der Waals surface area contributed by atoms with Crippen molar-refractivity contribution >= 4 is 34.1 Å². The van der Waals surface area contributed by atoms with Gasteiger partial charge in [0.15, 0.2) is 46.0 Å². The summed E-state index contributed by atoms with van der Waals surface area (Å²) in [5, 5.41) is 20.3. The molecule has 1 heterocycles. The van der Waals surface area contributed by atoms with Gasteiger partial charge in [0.25, 0.3) is 0 Å². The van der Waals surface area contributed by atoms with E-state index in [9.17, 15) is 5.11 Å². The van der Waals surface area contributed by atoms with Crippen LogP contribution >= 0.6 is 0 Å². The predicted octanol–water partition coefficient (Wildman–Crippen LogP) is 10.1. The number of hydrogen-bond donors (Lipinski definition) is 1. The highest BCUT2D eigenvalue weighted by Crippen LogP contribution is 2.52. The molecule has 17 heteroatoms. The van der Waals surface area contributed by atoms with E-state index in [0.717, 1.165) is 0 Å². The molecule has 0 aliphatic rings. The van der Waals surface area contributed by atoms with Gasteiger partial charge in [0.05, 0.1) is 123 Å². The average Bonchev–Trinajstić information content (AvgIpc) is 3.86. The number of para-hydroxylation sites is 2. The van der Waals surface area contributed by atoms with Crippen molar-refractivity contribution in [3.8, 4) is 91.9 Å². The Labute approximate surface area is 382 Å². The van der Waals surface area contributed by atoms with Crippen molar-refractivity contribution in [1.29, 1.82) is 0 Å². The molecule has 0 aliphatic carbocycles. The van der Waals surface area contributed by atoms with Crippen LogP contribution in [0.1, 0.15) is 0 Å². The van der Waals surface area contributed by atoms with Crippen molar-refractivity contribution in [2.45, 2.75) is 0 Å². The van der Waals surface area contributed by atoms with Crippen molar-refractivity contribution < 1.29 is 61.6 Å². The Morgan fingerprint density at radius 2 is 0.621 bits per heavy atom. The molecule has 7 aromatic rings. The number of benzene rings is 6. The molecule has 66 heavy (non-hydrogen) atoms. The lowest BCUT2D eigenvalue weighted by atomic mass is 10.1. The summed E-state index contributed by atoms with van der Waals surface area (Å²) in [6, 6.07) is 29.2. The van der Waals surface area contributed by atoms with Crippen molar-refractivity contribution in [2.24, 2.45) is 0 Å². The van der Waals surface area contributed by atoms with E-state index in [2.05, 4.69) is 10.2 Å². The van der Waals surface area contributed by atoms with Crippen LogP contribution < -0.4 is 61.9 Å². The Morgan fingerprint density at radius 3 is 0.879 bits per heavy atom. The molecule has 0 spiro atoms. The first kappa shape index (κ1) is 45.7. The number of aromatic nitrogens is 2. The van der Waals surface area contributed by atoms with Gasteiger partial charge in [-0.3, -0.25) is 0 Å². The molecule has 0 bridgehead atoms. The summed E-state index contributed by atoms with van der Waals surface area (Å²) in [7, 11) is 16.8. The highest BCUT2D eigenvalue weighted by atomic mass is 16.5. The topological polar surface area (TPSA) is 167 Å². The molecule has 0 saturated carbocycles. The Balaban J connectivity index is 1.45. The monoisotopic (exact) mass is 902 g/mol. The van der Waals surface area contributed by atoms with E-state index in [1.807, 2.05) is 82.6 Å². The second kappa shape index (κ2) is 20.0. The summed E-state index contributed by atoms with van der Waals surface area (Å²) in [5.74, 6) is 4.19. The summed E-state index contributed by atoms with van der Waals surface area (Å²) in [4.78, 5) is 3.83. The van der Waals surface area contributed by atoms with Gasteiger partial charge in [-0.05, 0) is 24.3 Å². The summed E-state index contributed by atoms with van der Waals surface area (Å²) >= 11 is 0. The van der Waals surface area contributed by atoms with Gasteiger partial charge in [-0.2, -0.15) is 0 Å². The molecular weight excluding hydrogens is 853 g/mol. The molecule has 7 rings (SSSR count). The van der Waals surface area contributed by atoms with E-state index in [1.165, 1.54) is 35.5 Å². The fourth-order valence-corrected chi connectivity index (χ4v) is 7.59. The lowest BCUT2D eigenvalue weighted by Gasteiger charge is -2.29. The molecule has 0 radical (unpaired) electrons. The van der Waals surface area contributed by atoms with E-state index in [4.69, 9.17) is 56.5 Å². The highest BCUT2D eigenvalue weighted by Gasteiger charge is 2.29. The maximum absolute atomic E-state index is 11.0. The quantitative estimate of drug-likeness (QED) is 0.0813.